The molecule has 3 aromatic carbocycles. The molecule has 1 N–H and O–H groups in total. The van der Waals surface area contributed by atoms with E-state index in [1.54, 1.807) is 29.1 Å². The average Bonchev–Trinajstić information content (AvgIpc) is 3.33. The van der Waals surface area contributed by atoms with Gasteiger partial charge in [0.25, 0.3) is 5.91 Å². The quantitative estimate of drug-likeness (QED) is 0.373. The van der Waals surface area contributed by atoms with Crippen LogP contribution < -0.4 is 5.32 Å². The summed E-state index contributed by atoms with van der Waals surface area (Å²) in [6.45, 7) is 7.31. The standard InChI is InChI=1S/C28H27N3O3/c1-19-17-22(31-16-8-15-29-31)12-14-23(19)26(32)30-25-18-21(20-9-6-5-7-10-20)11-13-24(25)27(33)34-28(2,3)4/h5-18H,1-4H3,(H,30,32). The van der Waals surface area contributed by atoms with Crippen LogP contribution in [-0.4, -0.2) is 27.3 Å². The van der Waals surface area contributed by atoms with Gasteiger partial charge in [0.15, 0.2) is 0 Å². The third-order valence-corrected chi connectivity index (χ3v) is 5.22. The SMILES string of the molecule is Cc1cc(-n2cccn2)ccc1C(=O)Nc1cc(-c2ccccc2)ccc1C(=O)OC(C)(C)C. The van der Waals surface area contributed by atoms with Crippen LogP contribution in [-0.2, 0) is 4.74 Å². The summed E-state index contributed by atoms with van der Waals surface area (Å²) in [6, 6.07) is 22.5. The van der Waals surface area contributed by atoms with Gasteiger partial charge in [-0.15, -0.1) is 0 Å². The molecule has 0 saturated carbocycles. The Bertz CT molecular complexity index is 1320. The van der Waals surface area contributed by atoms with Crippen LogP contribution >= 0.6 is 0 Å². The number of carbonyl (C=O) groups excluding carboxylic acids is 2. The molecule has 0 bridgehead atoms. The van der Waals surface area contributed by atoms with E-state index in [9.17, 15) is 9.59 Å². The molecule has 1 aromatic heterocycles. The molecule has 6 heteroatoms. The van der Waals surface area contributed by atoms with Crippen molar-refractivity contribution in [1.82, 2.24) is 9.78 Å². The molecule has 0 aliphatic carbocycles. The first-order valence-electron chi connectivity index (χ1n) is 11.1. The summed E-state index contributed by atoms with van der Waals surface area (Å²) in [5.41, 5.74) is 4.07. The lowest BCUT2D eigenvalue weighted by Crippen LogP contribution is -2.25. The van der Waals surface area contributed by atoms with Gasteiger partial charge in [-0.1, -0.05) is 36.4 Å². The van der Waals surface area contributed by atoms with Crippen LogP contribution in [0.25, 0.3) is 16.8 Å². The molecule has 0 spiro atoms. The van der Waals surface area contributed by atoms with Gasteiger partial charge in [-0.3, -0.25) is 4.79 Å². The fourth-order valence-corrected chi connectivity index (χ4v) is 3.63. The van der Waals surface area contributed by atoms with Crippen molar-refractivity contribution < 1.29 is 14.3 Å². The first kappa shape index (κ1) is 23.0. The van der Waals surface area contributed by atoms with E-state index in [0.717, 1.165) is 22.4 Å². The van der Waals surface area contributed by atoms with Gasteiger partial charge in [0.2, 0.25) is 0 Å². The van der Waals surface area contributed by atoms with Crippen molar-refractivity contribution in [2.45, 2.75) is 33.3 Å². The molecule has 1 heterocycles. The predicted octanol–water partition coefficient (Wildman–Crippen LogP) is 6.06. The number of rotatable bonds is 5. The Balaban J connectivity index is 1.68. The van der Waals surface area contributed by atoms with E-state index in [1.807, 2.05) is 88.5 Å². The molecule has 1 amide bonds. The number of benzene rings is 3. The van der Waals surface area contributed by atoms with Crippen LogP contribution in [0.3, 0.4) is 0 Å². The summed E-state index contributed by atoms with van der Waals surface area (Å²) in [7, 11) is 0. The Morgan fingerprint density at radius 2 is 1.62 bits per heavy atom. The second-order valence-electron chi connectivity index (χ2n) is 9.03. The van der Waals surface area contributed by atoms with Crippen LogP contribution in [0.5, 0.6) is 0 Å². The lowest BCUT2D eigenvalue weighted by Gasteiger charge is -2.21. The van der Waals surface area contributed by atoms with Crippen molar-refractivity contribution in [3.05, 3.63) is 102 Å². The molecule has 0 unspecified atom stereocenters. The van der Waals surface area contributed by atoms with Gasteiger partial charge in [0, 0.05) is 18.0 Å². The van der Waals surface area contributed by atoms with Gasteiger partial charge in [-0.05, 0) is 80.8 Å². The van der Waals surface area contributed by atoms with Crippen molar-refractivity contribution in [2.75, 3.05) is 5.32 Å². The fraction of sp³-hybridized carbons (Fsp3) is 0.179. The van der Waals surface area contributed by atoms with Gasteiger partial charge >= 0.3 is 5.97 Å². The molecular formula is C28H27N3O3. The van der Waals surface area contributed by atoms with E-state index in [0.29, 0.717) is 16.8 Å². The lowest BCUT2D eigenvalue weighted by molar-refractivity contribution is 0.00708. The van der Waals surface area contributed by atoms with E-state index in [2.05, 4.69) is 10.4 Å². The smallest absolute Gasteiger partial charge is 0.340 e. The molecule has 6 nitrogen and oxygen atoms in total. The Morgan fingerprint density at radius 3 is 2.26 bits per heavy atom. The van der Waals surface area contributed by atoms with E-state index in [4.69, 9.17) is 4.74 Å². The first-order valence-corrected chi connectivity index (χ1v) is 11.1. The second kappa shape index (κ2) is 9.35. The van der Waals surface area contributed by atoms with Gasteiger partial charge < -0.3 is 10.1 Å². The Hall–Kier alpha value is -4.19. The number of nitrogens with one attached hydrogen (secondary N) is 1. The zero-order valence-electron chi connectivity index (χ0n) is 19.7. The van der Waals surface area contributed by atoms with Crippen molar-refractivity contribution in [3.63, 3.8) is 0 Å². The highest BCUT2D eigenvalue weighted by Crippen LogP contribution is 2.28. The largest absolute Gasteiger partial charge is 0.456 e. The summed E-state index contributed by atoms with van der Waals surface area (Å²) >= 11 is 0. The van der Waals surface area contributed by atoms with E-state index in [1.165, 1.54) is 0 Å². The number of carbonyl (C=O) groups is 2. The molecular weight excluding hydrogens is 426 g/mol. The highest BCUT2D eigenvalue weighted by atomic mass is 16.6. The van der Waals surface area contributed by atoms with E-state index < -0.39 is 11.6 Å². The summed E-state index contributed by atoms with van der Waals surface area (Å²) in [5.74, 6) is -0.798. The number of ether oxygens (including phenoxy) is 1. The van der Waals surface area contributed by atoms with Crippen molar-refractivity contribution >= 4 is 17.6 Å². The number of anilines is 1. The molecule has 0 radical (unpaired) electrons. The number of hydrogen-bond acceptors (Lipinski definition) is 4. The van der Waals surface area contributed by atoms with Crippen LogP contribution in [0, 0.1) is 6.92 Å². The second-order valence-corrected chi connectivity index (χ2v) is 9.03. The molecule has 4 rings (SSSR count). The number of nitrogens with zero attached hydrogens (tertiary/aromatic N) is 2. The summed E-state index contributed by atoms with van der Waals surface area (Å²) in [4.78, 5) is 26.2. The maximum atomic E-state index is 13.3. The van der Waals surface area contributed by atoms with E-state index >= 15 is 0 Å². The topological polar surface area (TPSA) is 73.2 Å². The van der Waals surface area contributed by atoms with Gasteiger partial charge in [-0.25, -0.2) is 9.48 Å². The lowest BCUT2D eigenvalue weighted by atomic mass is 10.0. The zero-order chi connectivity index (χ0) is 24.3. The third-order valence-electron chi connectivity index (χ3n) is 5.22. The van der Waals surface area contributed by atoms with Crippen LogP contribution in [0.4, 0.5) is 5.69 Å². The van der Waals surface area contributed by atoms with Crippen molar-refractivity contribution in [3.8, 4) is 16.8 Å². The number of aromatic nitrogens is 2. The summed E-state index contributed by atoms with van der Waals surface area (Å²) < 4.78 is 7.31. The van der Waals surface area contributed by atoms with Crippen LogP contribution in [0.1, 0.15) is 47.1 Å². The molecule has 0 aliphatic heterocycles. The summed E-state index contributed by atoms with van der Waals surface area (Å²) in [5, 5.41) is 7.17. The van der Waals surface area contributed by atoms with Crippen LogP contribution in [0.2, 0.25) is 0 Å². The number of hydrogen-bond donors (Lipinski definition) is 1. The molecule has 0 aliphatic rings. The number of aryl methyl sites for hydroxylation is 1. The van der Waals surface area contributed by atoms with Gasteiger partial charge in [0.1, 0.15) is 5.60 Å². The maximum Gasteiger partial charge on any atom is 0.340 e. The van der Waals surface area contributed by atoms with Gasteiger partial charge in [0.05, 0.1) is 16.9 Å². The fourth-order valence-electron chi connectivity index (χ4n) is 3.63. The third kappa shape index (κ3) is 5.23. The van der Waals surface area contributed by atoms with Crippen LogP contribution in [0.15, 0.2) is 85.2 Å². The minimum atomic E-state index is -0.657. The van der Waals surface area contributed by atoms with Gasteiger partial charge in [-0.2, -0.15) is 5.10 Å². The zero-order valence-corrected chi connectivity index (χ0v) is 19.7. The van der Waals surface area contributed by atoms with Crippen molar-refractivity contribution in [1.29, 1.82) is 0 Å². The minimum absolute atomic E-state index is 0.300. The Kier molecular flexibility index (Phi) is 6.32. The molecule has 34 heavy (non-hydrogen) atoms. The molecule has 0 saturated heterocycles. The molecule has 0 atom stereocenters. The molecule has 4 aromatic rings. The van der Waals surface area contributed by atoms with E-state index in [-0.39, 0.29) is 5.91 Å². The Morgan fingerprint density at radius 1 is 0.882 bits per heavy atom. The first-order chi connectivity index (χ1) is 16.2. The number of esters is 1. The van der Waals surface area contributed by atoms with Crippen molar-refractivity contribution in [2.24, 2.45) is 0 Å². The highest BCUT2D eigenvalue weighted by Gasteiger charge is 2.22. The minimum Gasteiger partial charge on any atom is -0.456 e. The molecule has 172 valence electrons. The molecule has 0 fully saturated rings. The monoisotopic (exact) mass is 453 g/mol. The highest BCUT2D eigenvalue weighted by molar-refractivity contribution is 6.09. The maximum absolute atomic E-state index is 13.3. The Labute approximate surface area is 199 Å². The summed E-state index contributed by atoms with van der Waals surface area (Å²) in [6.07, 6.45) is 3.55. The predicted molar refractivity (Wildman–Crippen MR) is 133 cm³/mol. The normalized spacial score (nSPS) is 11.2. The average molecular weight is 454 g/mol. The number of amides is 1.